The monoisotopic (exact) mass is 258 g/mol. The summed E-state index contributed by atoms with van der Waals surface area (Å²) in [5, 5.41) is 12.1. The Kier molecular flexibility index (Phi) is 6.60. The van der Waals surface area contributed by atoms with Crippen LogP contribution >= 0.6 is 0 Å². The second kappa shape index (κ2) is 7.71. The van der Waals surface area contributed by atoms with Gasteiger partial charge in [-0.05, 0) is 53.2 Å². The van der Waals surface area contributed by atoms with E-state index in [1.54, 1.807) is 0 Å². The fourth-order valence-corrected chi connectivity index (χ4v) is 2.01. The Labute approximate surface area is 109 Å². The van der Waals surface area contributed by atoms with Gasteiger partial charge in [-0.1, -0.05) is 0 Å². The summed E-state index contributed by atoms with van der Waals surface area (Å²) in [5.41, 5.74) is 0. The lowest BCUT2D eigenvalue weighted by atomic mass is 10.2. The van der Waals surface area contributed by atoms with Gasteiger partial charge in [0.15, 0.2) is 6.10 Å². The lowest BCUT2D eigenvalue weighted by Gasteiger charge is -2.21. The van der Waals surface area contributed by atoms with Crippen LogP contribution in [0.3, 0.4) is 0 Å². The Morgan fingerprint density at radius 2 is 2.22 bits per heavy atom. The largest absolute Gasteiger partial charge is 0.479 e. The second-order valence-corrected chi connectivity index (χ2v) is 5.29. The highest BCUT2D eigenvalue weighted by molar-refractivity contribution is 5.72. The minimum Gasteiger partial charge on any atom is -0.479 e. The summed E-state index contributed by atoms with van der Waals surface area (Å²) in [7, 11) is 2.13. The fourth-order valence-electron chi connectivity index (χ4n) is 2.01. The van der Waals surface area contributed by atoms with Gasteiger partial charge in [0.1, 0.15) is 0 Å². The minimum atomic E-state index is -0.837. The highest BCUT2D eigenvalue weighted by Gasteiger charge is 2.29. The number of hydrogen-bond donors (Lipinski definition) is 2. The quantitative estimate of drug-likeness (QED) is 0.634. The molecule has 0 saturated carbocycles. The number of nitrogens with zero attached hydrogens (tertiary/aromatic N) is 1. The molecule has 1 rings (SSSR count). The van der Waals surface area contributed by atoms with Gasteiger partial charge in [0.2, 0.25) is 0 Å². The number of aliphatic carboxylic acids is 1. The van der Waals surface area contributed by atoms with E-state index in [-0.39, 0.29) is 6.10 Å². The van der Waals surface area contributed by atoms with Crippen LogP contribution in [-0.4, -0.2) is 60.9 Å². The summed E-state index contributed by atoms with van der Waals surface area (Å²) in [5.74, 6) is -0.837. The van der Waals surface area contributed by atoms with Crippen LogP contribution in [0.5, 0.6) is 0 Å². The molecule has 0 radical (unpaired) electrons. The summed E-state index contributed by atoms with van der Waals surface area (Å²) in [6.45, 7) is 7.16. The van der Waals surface area contributed by atoms with Crippen molar-refractivity contribution in [3.8, 4) is 0 Å². The maximum Gasteiger partial charge on any atom is 0.332 e. The van der Waals surface area contributed by atoms with Crippen molar-refractivity contribution >= 4 is 5.97 Å². The number of nitrogens with one attached hydrogen (secondary N) is 1. The third kappa shape index (κ3) is 5.33. The first-order valence-electron chi connectivity index (χ1n) is 6.80. The molecule has 0 aromatic heterocycles. The van der Waals surface area contributed by atoms with Gasteiger partial charge in [0.25, 0.3) is 0 Å². The van der Waals surface area contributed by atoms with E-state index >= 15 is 0 Å². The molecule has 1 aliphatic heterocycles. The number of hydrogen-bond acceptors (Lipinski definition) is 4. The van der Waals surface area contributed by atoms with Crippen LogP contribution in [-0.2, 0) is 9.53 Å². The van der Waals surface area contributed by atoms with Gasteiger partial charge >= 0.3 is 5.97 Å². The summed E-state index contributed by atoms with van der Waals surface area (Å²) >= 11 is 0. The maximum absolute atomic E-state index is 10.7. The molecule has 0 bridgehead atoms. The molecule has 5 heteroatoms. The van der Waals surface area contributed by atoms with E-state index in [4.69, 9.17) is 9.84 Å². The number of carboxylic acid groups (broad SMARTS) is 1. The van der Waals surface area contributed by atoms with E-state index in [1.807, 2.05) is 0 Å². The van der Waals surface area contributed by atoms with E-state index < -0.39 is 12.1 Å². The van der Waals surface area contributed by atoms with Crippen LogP contribution in [0.2, 0.25) is 0 Å². The molecule has 0 aromatic rings. The zero-order valence-corrected chi connectivity index (χ0v) is 11.7. The molecule has 2 unspecified atom stereocenters. The van der Waals surface area contributed by atoms with Crippen LogP contribution in [0.15, 0.2) is 0 Å². The van der Waals surface area contributed by atoms with Crippen molar-refractivity contribution in [2.45, 2.75) is 51.4 Å². The first kappa shape index (κ1) is 15.4. The maximum atomic E-state index is 10.7. The summed E-state index contributed by atoms with van der Waals surface area (Å²) in [6.07, 6.45) is 2.05. The standard InChI is InChI=1S/C13H26N2O3/c1-10(2)15(3)8-4-7-14-9-11-5-6-12(18-11)13(16)17/h10-12,14H,4-9H2,1-3H3,(H,16,17). The van der Waals surface area contributed by atoms with Crippen molar-refractivity contribution in [2.75, 3.05) is 26.7 Å². The predicted molar refractivity (Wildman–Crippen MR) is 70.8 cm³/mol. The molecule has 106 valence electrons. The molecule has 1 heterocycles. The molecular weight excluding hydrogens is 232 g/mol. The Morgan fingerprint density at radius 1 is 1.50 bits per heavy atom. The molecule has 1 fully saturated rings. The lowest BCUT2D eigenvalue weighted by Crippen LogP contribution is -2.32. The topological polar surface area (TPSA) is 61.8 Å². The van der Waals surface area contributed by atoms with Gasteiger partial charge < -0.3 is 20.1 Å². The van der Waals surface area contributed by atoms with Crippen molar-refractivity contribution in [3.63, 3.8) is 0 Å². The van der Waals surface area contributed by atoms with E-state index in [2.05, 4.69) is 31.1 Å². The van der Waals surface area contributed by atoms with Crippen molar-refractivity contribution < 1.29 is 14.6 Å². The highest BCUT2D eigenvalue weighted by Crippen LogP contribution is 2.19. The number of carbonyl (C=O) groups is 1. The molecule has 0 aromatic carbocycles. The summed E-state index contributed by atoms with van der Waals surface area (Å²) in [6, 6.07) is 0.583. The second-order valence-electron chi connectivity index (χ2n) is 5.29. The van der Waals surface area contributed by atoms with Crippen LogP contribution in [0.25, 0.3) is 0 Å². The molecule has 5 nitrogen and oxygen atoms in total. The van der Waals surface area contributed by atoms with Crippen LogP contribution < -0.4 is 5.32 Å². The summed E-state index contributed by atoms with van der Waals surface area (Å²) in [4.78, 5) is 13.0. The van der Waals surface area contributed by atoms with Gasteiger partial charge in [-0.25, -0.2) is 4.79 Å². The fraction of sp³-hybridized carbons (Fsp3) is 0.923. The Balaban J connectivity index is 2.01. The average Bonchev–Trinajstić information content (AvgIpc) is 2.77. The van der Waals surface area contributed by atoms with Crippen LogP contribution in [0, 0.1) is 0 Å². The van der Waals surface area contributed by atoms with E-state index in [0.29, 0.717) is 12.5 Å². The molecule has 1 saturated heterocycles. The molecule has 18 heavy (non-hydrogen) atoms. The average molecular weight is 258 g/mol. The zero-order chi connectivity index (χ0) is 13.5. The van der Waals surface area contributed by atoms with Gasteiger partial charge in [-0.2, -0.15) is 0 Å². The van der Waals surface area contributed by atoms with Crippen LogP contribution in [0.4, 0.5) is 0 Å². The van der Waals surface area contributed by atoms with E-state index in [0.717, 1.165) is 32.5 Å². The Hall–Kier alpha value is -0.650. The third-order valence-electron chi connectivity index (χ3n) is 3.50. The van der Waals surface area contributed by atoms with Crippen LogP contribution in [0.1, 0.15) is 33.1 Å². The molecule has 0 aliphatic carbocycles. The summed E-state index contributed by atoms with van der Waals surface area (Å²) < 4.78 is 5.42. The van der Waals surface area contributed by atoms with Gasteiger partial charge in [0, 0.05) is 12.6 Å². The Bertz CT molecular complexity index is 259. The first-order valence-corrected chi connectivity index (χ1v) is 6.80. The number of carboxylic acids is 1. The van der Waals surface area contributed by atoms with E-state index in [9.17, 15) is 4.79 Å². The molecule has 2 atom stereocenters. The Morgan fingerprint density at radius 3 is 2.78 bits per heavy atom. The first-order chi connectivity index (χ1) is 8.50. The number of rotatable bonds is 8. The van der Waals surface area contributed by atoms with Crippen molar-refractivity contribution in [3.05, 3.63) is 0 Å². The normalized spacial score (nSPS) is 24.1. The molecular formula is C13H26N2O3. The lowest BCUT2D eigenvalue weighted by molar-refractivity contribution is -0.149. The third-order valence-corrected chi connectivity index (χ3v) is 3.50. The molecule has 0 amide bonds. The molecule has 0 spiro atoms. The van der Waals surface area contributed by atoms with Gasteiger partial charge in [-0.3, -0.25) is 0 Å². The smallest absolute Gasteiger partial charge is 0.332 e. The SMILES string of the molecule is CC(C)N(C)CCCNCC1CCC(C(=O)O)O1. The van der Waals surface area contributed by atoms with Gasteiger partial charge in [-0.15, -0.1) is 0 Å². The zero-order valence-electron chi connectivity index (χ0n) is 11.7. The number of ether oxygens (including phenoxy) is 1. The predicted octanol–water partition coefficient (Wildman–Crippen LogP) is 0.939. The molecule has 1 aliphatic rings. The van der Waals surface area contributed by atoms with Gasteiger partial charge in [0.05, 0.1) is 6.10 Å². The van der Waals surface area contributed by atoms with E-state index in [1.165, 1.54) is 0 Å². The van der Waals surface area contributed by atoms with Crippen molar-refractivity contribution in [2.24, 2.45) is 0 Å². The van der Waals surface area contributed by atoms with Crippen molar-refractivity contribution in [1.82, 2.24) is 10.2 Å². The highest BCUT2D eigenvalue weighted by atomic mass is 16.5. The van der Waals surface area contributed by atoms with Crippen molar-refractivity contribution in [1.29, 1.82) is 0 Å². The molecule has 2 N–H and O–H groups in total. The minimum absolute atomic E-state index is 0.0638.